The third kappa shape index (κ3) is 6.97. The van der Waals surface area contributed by atoms with Gasteiger partial charge in [0.1, 0.15) is 0 Å². The molecule has 1 atom stereocenters. The number of nitrogens with two attached hydrogens (primary N) is 1. The van der Waals surface area contributed by atoms with E-state index in [4.69, 9.17) is 10.8 Å². The molecule has 0 aliphatic rings. The second-order valence-electron chi connectivity index (χ2n) is 5.56. The second-order valence-corrected chi connectivity index (χ2v) is 6.54. The van der Waals surface area contributed by atoms with Gasteiger partial charge in [-0.05, 0) is 11.5 Å². The van der Waals surface area contributed by atoms with E-state index >= 15 is 0 Å². The first kappa shape index (κ1) is 19.9. The van der Waals surface area contributed by atoms with Crippen molar-refractivity contribution in [2.24, 2.45) is 11.7 Å². The SMILES string of the molecule is CC(C)[C@H](N)C(=O)NC(=CC(=O)O)C(=O)CSCc1ccccc1. The van der Waals surface area contributed by atoms with Crippen LogP contribution >= 0.6 is 11.8 Å². The fourth-order valence-corrected chi connectivity index (χ4v) is 2.61. The topological polar surface area (TPSA) is 109 Å². The fourth-order valence-electron chi connectivity index (χ4n) is 1.74. The number of hydrogen-bond donors (Lipinski definition) is 3. The minimum Gasteiger partial charge on any atom is -0.478 e. The largest absolute Gasteiger partial charge is 0.478 e. The van der Waals surface area contributed by atoms with E-state index in [0.29, 0.717) is 11.8 Å². The Hall–Kier alpha value is -2.12. The highest BCUT2D eigenvalue weighted by Gasteiger charge is 2.21. The number of carbonyl (C=O) groups excluding carboxylic acids is 2. The standard InChI is InChI=1S/C17H22N2O4S/c1-11(2)16(18)17(23)19-13(8-15(21)22)14(20)10-24-9-12-6-4-3-5-7-12/h3-8,11,16H,9-10,18H2,1-2H3,(H,19,23)(H,21,22)/t16-/m0/s1. The summed E-state index contributed by atoms with van der Waals surface area (Å²) in [6, 6.07) is 8.78. The Kier molecular flexibility index (Phi) is 8.21. The third-order valence-electron chi connectivity index (χ3n) is 3.19. The van der Waals surface area contributed by atoms with E-state index in [2.05, 4.69) is 5.32 Å². The average molecular weight is 350 g/mol. The molecule has 0 aliphatic carbocycles. The van der Waals surface area contributed by atoms with Crippen molar-refractivity contribution in [1.29, 1.82) is 0 Å². The number of carbonyl (C=O) groups is 3. The van der Waals surface area contributed by atoms with Crippen molar-refractivity contribution in [2.75, 3.05) is 5.75 Å². The molecule has 24 heavy (non-hydrogen) atoms. The van der Waals surface area contributed by atoms with Crippen LogP contribution in [0.4, 0.5) is 0 Å². The van der Waals surface area contributed by atoms with Crippen LogP contribution in [-0.4, -0.2) is 34.6 Å². The van der Waals surface area contributed by atoms with E-state index in [1.54, 1.807) is 13.8 Å². The molecule has 0 saturated carbocycles. The van der Waals surface area contributed by atoms with Crippen LogP contribution in [0.5, 0.6) is 0 Å². The smallest absolute Gasteiger partial charge is 0.330 e. The molecule has 0 unspecified atom stereocenters. The van der Waals surface area contributed by atoms with Crippen LogP contribution in [0.2, 0.25) is 0 Å². The number of allylic oxidation sites excluding steroid dienone is 1. The van der Waals surface area contributed by atoms with Crippen LogP contribution < -0.4 is 11.1 Å². The highest BCUT2D eigenvalue weighted by molar-refractivity contribution is 7.99. The summed E-state index contributed by atoms with van der Waals surface area (Å²) in [7, 11) is 0. The lowest BCUT2D eigenvalue weighted by atomic mass is 10.0. The predicted octanol–water partition coefficient (Wildman–Crippen LogP) is 1.56. The lowest BCUT2D eigenvalue weighted by Crippen LogP contribution is -2.45. The molecule has 7 heteroatoms. The van der Waals surface area contributed by atoms with Crippen molar-refractivity contribution in [1.82, 2.24) is 5.32 Å². The van der Waals surface area contributed by atoms with Gasteiger partial charge in [-0.1, -0.05) is 44.2 Å². The van der Waals surface area contributed by atoms with E-state index in [-0.39, 0.29) is 17.4 Å². The number of aliphatic carboxylic acids is 1. The summed E-state index contributed by atoms with van der Waals surface area (Å²) in [5.74, 6) is -1.78. The number of rotatable bonds is 9. The van der Waals surface area contributed by atoms with Gasteiger partial charge in [0.25, 0.3) is 0 Å². The molecule has 0 saturated heterocycles. The van der Waals surface area contributed by atoms with Crippen molar-refractivity contribution in [3.8, 4) is 0 Å². The average Bonchev–Trinajstić information content (AvgIpc) is 2.53. The van der Waals surface area contributed by atoms with Crippen molar-refractivity contribution >= 4 is 29.4 Å². The highest BCUT2D eigenvalue weighted by Crippen LogP contribution is 2.13. The monoisotopic (exact) mass is 350 g/mol. The number of thioether (sulfide) groups is 1. The maximum Gasteiger partial charge on any atom is 0.330 e. The van der Waals surface area contributed by atoms with Crippen molar-refractivity contribution in [3.05, 3.63) is 47.7 Å². The molecule has 1 rings (SSSR count). The van der Waals surface area contributed by atoms with Gasteiger partial charge in [-0.3, -0.25) is 9.59 Å². The molecular weight excluding hydrogens is 328 g/mol. The summed E-state index contributed by atoms with van der Waals surface area (Å²) < 4.78 is 0. The summed E-state index contributed by atoms with van der Waals surface area (Å²) >= 11 is 1.35. The van der Waals surface area contributed by atoms with Crippen LogP contribution in [0.15, 0.2) is 42.1 Å². The zero-order chi connectivity index (χ0) is 18.1. The first-order valence-corrected chi connectivity index (χ1v) is 8.62. The fraction of sp³-hybridized carbons (Fsp3) is 0.353. The zero-order valence-electron chi connectivity index (χ0n) is 13.7. The van der Waals surface area contributed by atoms with E-state index in [1.807, 2.05) is 30.3 Å². The van der Waals surface area contributed by atoms with Gasteiger partial charge < -0.3 is 16.2 Å². The quantitative estimate of drug-likeness (QED) is 0.583. The van der Waals surface area contributed by atoms with E-state index in [1.165, 1.54) is 11.8 Å². The molecule has 1 aromatic carbocycles. The van der Waals surface area contributed by atoms with Crippen LogP contribution in [-0.2, 0) is 20.1 Å². The summed E-state index contributed by atoms with van der Waals surface area (Å²) in [5, 5.41) is 11.2. The molecule has 0 heterocycles. The minimum atomic E-state index is -1.30. The normalized spacial score (nSPS) is 12.8. The number of hydrogen-bond acceptors (Lipinski definition) is 5. The maximum atomic E-state index is 12.2. The number of ketones is 1. The third-order valence-corrected chi connectivity index (χ3v) is 4.20. The minimum absolute atomic E-state index is 0.0607. The first-order chi connectivity index (χ1) is 11.3. The number of carboxylic acid groups (broad SMARTS) is 1. The predicted molar refractivity (Wildman–Crippen MR) is 94.3 cm³/mol. The Balaban J connectivity index is 2.65. The van der Waals surface area contributed by atoms with Gasteiger partial charge in [-0.25, -0.2) is 4.79 Å². The van der Waals surface area contributed by atoms with Crippen LogP contribution in [0.1, 0.15) is 19.4 Å². The Labute approximate surface area is 145 Å². The summed E-state index contributed by atoms with van der Waals surface area (Å²) in [6.45, 7) is 3.53. The lowest BCUT2D eigenvalue weighted by molar-refractivity contribution is -0.131. The molecule has 0 aromatic heterocycles. The van der Waals surface area contributed by atoms with Crippen molar-refractivity contribution in [2.45, 2.75) is 25.6 Å². The molecule has 0 fully saturated rings. The Bertz CT molecular complexity index is 614. The molecule has 0 aliphatic heterocycles. The van der Waals surface area contributed by atoms with Crippen molar-refractivity contribution < 1.29 is 19.5 Å². The van der Waals surface area contributed by atoms with E-state index < -0.39 is 23.7 Å². The van der Waals surface area contributed by atoms with Gasteiger partial charge >= 0.3 is 5.97 Å². The van der Waals surface area contributed by atoms with Crippen molar-refractivity contribution in [3.63, 3.8) is 0 Å². The molecular formula is C17H22N2O4S. The van der Waals surface area contributed by atoms with Crippen LogP contribution in [0, 0.1) is 5.92 Å². The second kappa shape index (κ2) is 9.89. The van der Waals surface area contributed by atoms with Gasteiger partial charge in [0.2, 0.25) is 5.91 Å². The molecule has 1 aromatic rings. The molecule has 0 spiro atoms. The zero-order valence-corrected chi connectivity index (χ0v) is 14.5. The van der Waals surface area contributed by atoms with Gasteiger partial charge in [-0.15, -0.1) is 11.8 Å². The van der Waals surface area contributed by atoms with Gasteiger partial charge in [-0.2, -0.15) is 0 Å². The molecule has 4 N–H and O–H groups in total. The molecule has 0 radical (unpaired) electrons. The maximum absolute atomic E-state index is 12.2. The number of amides is 1. The Morgan fingerprint density at radius 1 is 1.25 bits per heavy atom. The molecule has 130 valence electrons. The summed E-state index contributed by atoms with van der Waals surface area (Å²) in [4.78, 5) is 35.0. The summed E-state index contributed by atoms with van der Waals surface area (Å²) in [5.41, 5.74) is 6.53. The number of nitrogens with one attached hydrogen (secondary N) is 1. The number of benzene rings is 1. The first-order valence-electron chi connectivity index (χ1n) is 7.47. The van der Waals surface area contributed by atoms with E-state index in [9.17, 15) is 14.4 Å². The lowest BCUT2D eigenvalue weighted by Gasteiger charge is -2.16. The molecule has 0 bridgehead atoms. The molecule has 1 amide bonds. The van der Waals surface area contributed by atoms with Gasteiger partial charge in [0.05, 0.1) is 23.6 Å². The summed E-state index contributed by atoms with van der Waals surface area (Å²) in [6.07, 6.45) is 0.705. The van der Waals surface area contributed by atoms with E-state index in [0.717, 1.165) is 5.56 Å². The number of carboxylic acids is 1. The van der Waals surface area contributed by atoms with Gasteiger partial charge in [0.15, 0.2) is 5.78 Å². The number of Topliss-reactive ketones (excluding diaryl/α,β-unsaturated/α-hetero) is 1. The van der Waals surface area contributed by atoms with Crippen LogP contribution in [0.3, 0.4) is 0 Å². The highest BCUT2D eigenvalue weighted by atomic mass is 32.2. The Morgan fingerprint density at radius 3 is 2.42 bits per heavy atom. The molecule has 6 nitrogen and oxygen atoms in total. The Morgan fingerprint density at radius 2 is 1.88 bits per heavy atom. The van der Waals surface area contributed by atoms with Crippen LogP contribution in [0.25, 0.3) is 0 Å². The van der Waals surface area contributed by atoms with Gasteiger partial charge in [0, 0.05) is 5.75 Å².